The van der Waals surface area contributed by atoms with Gasteiger partial charge in [-0.1, -0.05) is 55.5 Å². The standard InChI is InChI=1S/C27H32N4O3/c1-2-23(26-28-18-24(29-26)20-10-5-3-6-11-20)30-27(33)21-12-9-16-31(19-21)25(32)15-17-34-22-13-7-4-8-14-22/h3-8,10-11,13-14,18,21,23H,2,9,12,15-17,19H2,1H3,(H,28,29)(H,30,33). The van der Waals surface area contributed by atoms with E-state index in [0.29, 0.717) is 26.1 Å². The molecule has 0 saturated carbocycles. The maximum atomic E-state index is 13.1. The number of aromatic amines is 1. The van der Waals surface area contributed by atoms with Crippen LogP contribution in [0.5, 0.6) is 5.75 Å². The molecule has 1 aliphatic heterocycles. The van der Waals surface area contributed by atoms with E-state index in [4.69, 9.17) is 4.74 Å². The van der Waals surface area contributed by atoms with E-state index in [9.17, 15) is 9.59 Å². The van der Waals surface area contributed by atoms with Gasteiger partial charge < -0.3 is 19.9 Å². The third-order valence-electron chi connectivity index (χ3n) is 6.21. The fourth-order valence-electron chi connectivity index (χ4n) is 4.28. The number of H-pyrrole nitrogens is 1. The highest BCUT2D eigenvalue weighted by Gasteiger charge is 2.30. The summed E-state index contributed by atoms with van der Waals surface area (Å²) in [5.74, 6) is 1.29. The van der Waals surface area contributed by atoms with Gasteiger partial charge >= 0.3 is 0 Å². The molecule has 2 unspecified atom stereocenters. The van der Waals surface area contributed by atoms with Crippen LogP contribution in [-0.2, 0) is 9.59 Å². The van der Waals surface area contributed by atoms with Gasteiger partial charge in [0.15, 0.2) is 0 Å². The summed E-state index contributed by atoms with van der Waals surface area (Å²) in [6.45, 7) is 3.49. The Balaban J connectivity index is 1.29. The quantitative estimate of drug-likeness (QED) is 0.497. The summed E-state index contributed by atoms with van der Waals surface area (Å²) in [7, 11) is 0. The number of para-hydroxylation sites is 1. The first-order chi connectivity index (χ1) is 16.6. The van der Waals surface area contributed by atoms with Crippen molar-refractivity contribution in [2.75, 3.05) is 19.7 Å². The number of aromatic nitrogens is 2. The summed E-state index contributed by atoms with van der Waals surface area (Å²) in [4.78, 5) is 35.4. The summed E-state index contributed by atoms with van der Waals surface area (Å²) in [5, 5.41) is 3.15. The Kier molecular flexibility index (Phi) is 7.96. The smallest absolute Gasteiger partial charge is 0.226 e. The summed E-state index contributed by atoms with van der Waals surface area (Å²) in [6, 6.07) is 19.3. The number of piperidine rings is 1. The molecule has 2 N–H and O–H groups in total. The zero-order valence-electron chi connectivity index (χ0n) is 19.6. The van der Waals surface area contributed by atoms with E-state index in [2.05, 4.69) is 15.3 Å². The van der Waals surface area contributed by atoms with Crippen molar-refractivity contribution in [1.82, 2.24) is 20.2 Å². The fraction of sp³-hybridized carbons (Fsp3) is 0.370. The van der Waals surface area contributed by atoms with Crippen LogP contribution in [0.2, 0.25) is 0 Å². The van der Waals surface area contributed by atoms with E-state index in [1.54, 1.807) is 11.1 Å². The van der Waals surface area contributed by atoms with E-state index in [0.717, 1.165) is 42.1 Å². The Labute approximate surface area is 200 Å². The summed E-state index contributed by atoms with van der Waals surface area (Å²) in [6.07, 6.45) is 4.42. The largest absolute Gasteiger partial charge is 0.493 e. The van der Waals surface area contributed by atoms with E-state index < -0.39 is 0 Å². The number of imidazole rings is 1. The SMILES string of the molecule is CCC(NC(=O)C1CCCN(C(=O)CCOc2ccccc2)C1)c1ncc(-c2ccccc2)[nH]1. The number of carbonyl (C=O) groups is 2. The topological polar surface area (TPSA) is 87.3 Å². The van der Waals surface area contributed by atoms with Crippen molar-refractivity contribution in [3.63, 3.8) is 0 Å². The molecule has 3 aromatic rings. The van der Waals surface area contributed by atoms with Crippen LogP contribution in [0.3, 0.4) is 0 Å². The molecule has 34 heavy (non-hydrogen) atoms. The van der Waals surface area contributed by atoms with E-state index in [1.165, 1.54) is 0 Å². The predicted molar refractivity (Wildman–Crippen MR) is 131 cm³/mol. The van der Waals surface area contributed by atoms with Gasteiger partial charge in [0.1, 0.15) is 11.6 Å². The van der Waals surface area contributed by atoms with Crippen molar-refractivity contribution in [2.45, 2.75) is 38.6 Å². The molecule has 0 bridgehead atoms. The summed E-state index contributed by atoms with van der Waals surface area (Å²) < 4.78 is 5.65. The first kappa shape index (κ1) is 23.5. The van der Waals surface area contributed by atoms with Gasteiger partial charge in [0, 0.05) is 13.1 Å². The molecule has 1 saturated heterocycles. The Bertz CT molecular complexity index is 1070. The molecule has 0 spiro atoms. The van der Waals surface area contributed by atoms with Crippen LogP contribution in [0, 0.1) is 5.92 Å². The average molecular weight is 461 g/mol. The van der Waals surface area contributed by atoms with Gasteiger partial charge in [-0.2, -0.15) is 0 Å². The maximum absolute atomic E-state index is 13.1. The number of ether oxygens (including phenoxy) is 1. The number of likely N-dealkylation sites (tertiary alicyclic amines) is 1. The second-order valence-corrected chi connectivity index (χ2v) is 8.61. The molecular weight excluding hydrogens is 428 g/mol. The third kappa shape index (κ3) is 6.04. The Hall–Kier alpha value is -3.61. The lowest BCUT2D eigenvalue weighted by atomic mass is 9.96. The van der Waals surface area contributed by atoms with Gasteiger partial charge in [0.2, 0.25) is 11.8 Å². The zero-order chi connectivity index (χ0) is 23.8. The van der Waals surface area contributed by atoms with Crippen LogP contribution in [0.25, 0.3) is 11.3 Å². The second-order valence-electron chi connectivity index (χ2n) is 8.61. The van der Waals surface area contributed by atoms with Crippen molar-refractivity contribution >= 4 is 11.8 Å². The fourth-order valence-corrected chi connectivity index (χ4v) is 4.28. The van der Waals surface area contributed by atoms with Gasteiger partial charge in [-0.05, 0) is 37.0 Å². The molecule has 178 valence electrons. The number of hydrogen-bond donors (Lipinski definition) is 2. The summed E-state index contributed by atoms with van der Waals surface area (Å²) in [5.41, 5.74) is 1.98. The van der Waals surface area contributed by atoms with Crippen molar-refractivity contribution in [2.24, 2.45) is 5.92 Å². The van der Waals surface area contributed by atoms with Crippen LogP contribution in [0.15, 0.2) is 66.9 Å². The number of rotatable bonds is 9. The molecule has 0 radical (unpaired) electrons. The van der Waals surface area contributed by atoms with Gasteiger partial charge in [0.25, 0.3) is 0 Å². The predicted octanol–water partition coefficient (Wildman–Crippen LogP) is 4.35. The van der Waals surface area contributed by atoms with Crippen molar-refractivity contribution < 1.29 is 14.3 Å². The summed E-state index contributed by atoms with van der Waals surface area (Å²) >= 11 is 0. The second kappa shape index (κ2) is 11.5. The molecule has 2 amide bonds. The van der Waals surface area contributed by atoms with Gasteiger partial charge in [0.05, 0.1) is 36.9 Å². The van der Waals surface area contributed by atoms with Gasteiger partial charge in [-0.3, -0.25) is 9.59 Å². The number of benzene rings is 2. The van der Waals surface area contributed by atoms with Crippen molar-refractivity contribution in [3.8, 4) is 17.0 Å². The first-order valence-electron chi connectivity index (χ1n) is 12.0. The number of nitrogens with zero attached hydrogens (tertiary/aromatic N) is 2. The Morgan fingerprint density at radius 3 is 2.62 bits per heavy atom. The van der Waals surface area contributed by atoms with Crippen molar-refractivity contribution in [3.05, 3.63) is 72.7 Å². The average Bonchev–Trinajstić information content (AvgIpc) is 3.38. The van der Waals surface area contributed by atoms with Gasteiger partial charge in [-0.25, -0.2) is 4.98 Å². The minimum Gasteiger partial charge on any atom is -0.493 e. The molecule has 7 nitrogen and oxygen atoms in total. The van der Waals surface area contributed by atoms with Crippen LogP contribution in [-0.4, -0.2) is 46.4 Å². The van der Waals surface area contributed by atoms with E-state index >= 15 is 0 Å². The molecular formula is C27H32N4O3. The molecule has 1 aliphatic rings. The number of hydrogen-bond acceptors (Lipinski definition) is 4. The molecule has 1 fully saturated rings. The minimum atomic E-state index is -0.217. The highest BCUT2D eigenvalue weighted by Crippen LogP contribution is 2.23. The monoisotopic (exact) mass is 460 g/mol. The lowest BCUT2D eigenvalue weighted by Gasteiger charge is -2.32. The highest BCUT2D eigenvalue weighted by molar-refractivity contribution is 5.81. The number of carbonyl (C=O) groups excluding carboxylic acids is 2. The maximum Gasteiger partial charge on any atom is 0.226 e. The molecule has 7 heteroatoms. The van der Waals surface area contributed by atoms with Crippen LogP contribution in [0.4, 0.5) is 0 Å². The molecule has 4 rings (SSSR count). The molecule has 2 atom stereocenters. The molecule has 0 aliphatic carbocycles. The number of nitrogens with one attached hydrogen (secondary N) is 2. The van der Waals surface area contributed by atoms with Crippen LogP contribution >= 0.6 is 0 Å². The van der Waals surface area contributed by atoms with Crippen molar-refractivity contribution in [1.29, 1.82) is 0 Å². The van der Waals surface area contributed by atoms with Crippen LogP contribution < -0.4 is 10.1 Å². The first-order valence-corrected chi connectivity index (χ1v) is 12.0. The lowest BCUT2D eigenvalue weighted by Crippen LogP contribution is -2.46. The zero-order valence-corrected chi connectivity index (χ0v) is 19.6. The third-order valence-corrected chi connectivity index (χ3v) is 6.21. The van der Waals surface area contributed by atoms with E-state index in [-0.39, 0.29) is 23.8 Å². The Morgan fingerprint density at radius 1 is 1.15 bits per heavy atom. The Morgan fingerprint density at radius 2 is 1.88 bits per heavy atom. The minimum absolute atomic E-state index is 0.0254. The molecule has 2 aromatic carbocycles. The normalized spacial score (nSPS) is 16.6. The highest BCUT2D eigenvalue weighted by atomic mass is 16.5. The van der Waals surface area contributed by atoms with Crippen LogP contribution in [0.1, 0.15) is 44.5 Å². The molecule has 2 heterocycles. The number of amides is 2. The lowest BCUT2D eigenvalue weighted by molar-refractivity contribution is -0.136. The van der Waals surface area contributed by atoms with E-state index in [1.807, 2.05) is 67.6 Å². The molecule has 1 aromatic heterocycles. The van der Waals surface area contributed by atoms with Gasteiger partial charge in [-0.15, -0.1) is 0 Å².